The van der Waals surface area contributed by atoms with Crippen LogP contribution >= 0.6 is 11.6 Å². The van der Waals surface area contributed by atoms with Crippen molar-refractivity contribution < 1.29 is 4.79 Å². The number of hydrogen-bond donors (Lipinski definition) is 2. The Labute approximate surface area is 176 Å². The Bertz CT molecular complexity index is 1010. The summed E-state index contributed by atoms with van der Waals surface area (Å²) in [5.41, 5.74) is 6.50. The van der Waals surface area contributed by atoms with Crippen LogP contribution in [0.2, 0.25) is 5.02 Å². The predicted octanol–water partition coefficient (Wildman–Crippen LogP) is 4.96. The van der Waals surface area contributed by atoms with Gasteiger partial charge < -0.3 is 10.3 Å². The number of nitrogens with one attached hydrogen (secondary N) is 2. The Kier molecular flexibility index (Phi) is 5.61. The van der Waals surface area contributed by atoms with Crippen molar-refractivity contribution >= 4 is 34.2 Å². The molecule has 2 N–H and O–H groups in total. The quantitative estimate of drug-likeness (QED) is 0.639. The van der Waals surface area contributed by atoms with Gasteiger partial charge >= 0.3 is 0 Å². The number of likely N-dealkylation sites (tertiary alicyclic amines) is 1. The standard InChI is InChI=1S/C23H27ClN4O/c1-14-4-5-18(24)12-19(14)25-22(29)13-28-8-6-17(7-9-28)23-26-20-10-15(2)16(3)11-21(20)27-23/h4-5,10-12,17H,6-9,13H2,1-3H3,(H,25,29)(H,26,27). The molecule has 1 amide bonds. The lowest BCUT2D eigenvalue weighted by Crippen LogP contribution is -2.39. The summed E-state index contributed by atoms with van der Waals surface area (Å²) in [6.45, 7) is 8.40. The molecule has 0 bridgehead atoms. The highest BCUT2D eigenvalue weighted by Gasteiger charge is 2.24. The number of fused-ring (bicyclic) bond motifs is 1. The van der Waals surface area contributed by atoms with Crippen molar-refractivity contribution in [2.45, 2.75) is 39.5 Å². The van der Waals surface area contributed by atoms with Gasteiger partial charge in [0.05, 0.1) is 17.6 Å². The van der Waals surface area contributed by atoms with Crippen LogP contribution in [0.3, 0.4) is 0 Å². The molecule has 1 fully saturated rings. The molecule has 1 aromatic heterocycles. The van der Waals surface area contributed by atoms with Crippen LogP contribution in [-0.2, 0) is 4.79 Å². The molecule has 0 radical (unpaired) electrons. The molecule has 29 heavy (non-hydrogen) atoms. The van der Waals surface area contributed by atoms with E-state index in [1.54, 1.807) is 6.07 Å². The number of aryl methyl sites for hydroxylation is 3. The Morgan fingerprint density at radius 2 is 1.86 bits per heavy atom. The summed E-state index contributed by atoms with van der Waals surface area (Å²) in [5, 5.41) is 3.61. The number of piperidine rings is 1. The highest BCUT2D eigenvalue weighted by atomic mass is 35.5. The van der Waals surface area contributed by atoms with Crippen molar-refractivity contribution in [1.29, 1.82) is 0 Å². The van der Waals surface area contributed by atoms with Gasteiger partial charge in [-0.3, -0.25) is 9.69 Å². The number of hydrogen-bond acceptors (Lipinski definition) is 3. The topological polar surface area (TPSA) is 61.0 Å². The molecular weight excluding hydrogens is 384 g/mol. The first kappa shape index (κ1) is 19.9. The lowest BCUT2D eigenvalue weighted by atomic mass is 9.96. The van der Waals surface area contributed by atoms with E-state index in [9.17, 15) is 4.79 Å². The van der Waals surface area contributed by atoms with Crippen LogP contribution < -0.4 is 5.32 Å². The van der Waals surface area contributed by atoms with E-state index in [-0.39, 0.29) is 5.91 Å². The minimum absolute atomic E-state index is 0.00324. The number of carbonyl (C=O) groups excluding carboxylic acids is 1. The third-order valence-electron chi connectivity index (χ3n) is 5.93. The van der Waals surface area contributed by atoms with E-state index in [1.165, 1.54) is 11.1 Å². The summed E-state index contributed by atoms with van der Waals surface area (Å²) >= 11 is 6.04. The molecule has 5 nitrogen and oxygen atoms in total. The van der Waals surface area contributed by atoms with E-state index in [4.69, 9.17) is 16.6 Å². The highest BCUT2D eigenvalue weighted by molar-refractivity contribution is 6.31. The zero-order valence-corrected chi connectivity index (χ0v) is 17.9. The molecule has 0 atom stereocenters. The number of halogens is 1. The maximum Gasteiger partial charge on any atom is 0.238 e. The van der Waals surface area contributed by atoms with Crippen molar-refractivity contribution in [3.05, 3.63) is 57.9 Å². The molecule has 1 aliphatic heterocycles. The zero-order chi connectivity index (χ0) is 20.5. The molecule has 152 valence electrons. The molecule has 2 aromatic carbocycles. The summed E-state index contributed by atoms with van der Waals surface area (Å²) in [4.78, 5) is 23.0. The van der Waals surface area contributed by atoms with E-state index in [2.05, 4.69) is 41.2 Å². The van der Waals surface area contributed by atoms with Crippen molar-refractivity contribution in [3.8, 4) is 0 Å². The highest BCUT2D eigenvalue weighted by Crippen LogP contribution is 2.28. The van der Waals surface area contributed by atoms with Gasteiger partial charge in [0.2, 0.25) is 5.91 Å². The van der Waals surface area contributed by atoms with Gasteiger partial charge in [0.1, 0.15) is 5.82 Å². The number of amides is 1. The van der Waals surface area contributed by atoms with Crippen molar-refractivity contribution in [1.82, 2.24) is 14.9 Å². The Hall–Kier alpha value is -2.37. The smallest absolute Gasteiger partial charge is 0.238 e. The van der Waals surface area contributed by atoms with E-state index < -0.39 is 0 Å². The fourth-order valence-corrected chi connectivity index (χ4v) is 4.14. The Balaban J connectivity index is 1.34. The number of H-pyrrole nitrogens is 1. The third-order valence-corrected chi connectivity index (χ3v) is 6.17. The lowest BCUT2D eigenvalue weighted by Gasteiger charge is -2.30. The number of aromatic nitrogens is 2. The second kappa shape index (κ2) is 8.17. The van der Waals surface area contributed by atoms with Gasteiger partial charge in [-0.25, -0.2) is 4.98 Å². The molecule has 1 saturated heterocycles. The summed E-state index contributed by atoms with van der Waals surface area (Å²) < 4.78 is 0. The first-order valence-corrected chi connectivity index (χ1v) is 10.5. The molecule has 3 aromatic rings. The van der Waals surface area contributed by atoms with Crippen LogP contribution in [0.25, 0.3) is 11.0 Å². The number of aromatic amines is 1. The maximum atomic E-state index is 12.5. The van der Waals surface area contributed by atoms with E-state index >= 15 is 0 Å². The average molecular weight is 411 g/mol. The summed E-state index contributed by atoms with van der Waals surface area (Å²) in [5.74, 6) is 1.49. The molecule has 0 aliphatic carbocycles. The second-order valence-electron chi connectivity index (χ2n) is 8.13. The van der Waals surface area contributed by atoms with Crippen molar-refractivity contribution in [3.63, 3.8) is 0 Å². The summed E-state index contributed by atoms with van der Waals surface area (Å²) in [6.07, 6.45) is 2.00. The van der Waals surface area contributed by atoms with Crippen LogP contribution in [0.5, 0.6) is 0 Å². The summed E-state index contributed by atoms with van der Waals surface area (Å²) in [6, 6.07) is 9.88. The second-order valence-corrected chi connectivity index (χ2v) is 8.57. The average Bonchev–Trinajstić information content (AvgIpc) is 3.08. The van der Waals surface area contributed by atoms with E-state index in [0.717, 1.165) is 54.0 Å². The van der Waals surface area contributed by atoms with Crippen LogP contribution in [0.15, 0.2) is 30.3 Å². The number of imidazole rings is 1. The van der Waals surface area contributed by atoms with Gasteiger partial charge in [0, 0.05) is 16.6 Å². The maximum absolute atomic E-state index is 12.5. The number of rotatable bonds is 4. The largest absolute Gasteiger partial charge is 0.342 e. The monoisotopic (exact) mass is 410 g/mol. The number of benzene rings is 2. The number of carbonyl (C=O) groups is 1. The molecule has 0 saturated carbocycles. The number of anilines is 1. The van der Waals surface area contributed by atoms with Crippen LogP contribution in [0, 0.1) is 20.8 Å². The fraction of sp³-hybridized carbons (Fsp3) is 0.391. The first-order chi connectivity index (χ1) is 13.9. The van der Waals surface area contributed by atoms with Gasteiger partial charge in [-0.2, -0.15) is 0 Å². The van der Waals surface area contributed by atoms with Crippen LogP contribution in [0.4, 0.5) is 5.69 Å². The molecule has 6 heteroatoms. The SMILES string of the molecule is Cc1cc2nc(C3CCN(CC(=O)Nc4cc(Cl)ccc4C)CC3)[nH]c2cc1C. The van der Waals surface area contributed by atoms with Crippen LogP contribution in [-0.4, -0.2) is 40.4 Å². The normalized spacial score (nSPS) is 15.7. The van der Waals surface area contributed by atoms with Gasteiger partial charge in [-0.1, -0.05) is 17.7 Å². The minimum atomic E-state index is 0.00324. The third kappa shape index (κ3) is 4.46. The minimum Gasteiger partial charge on any atom is -0.342 e. The van der Waals surface area contributed by atoms with Crippen LogP contribution in [0.1, 0.15) is 41.3 Å². The molecular formula is C23H27ClN4O. The molecule has 2 heterocycles. The first-order valence-electron chi connectivity index (χ1n) is 10.1. The molecule has 0 unspecified atom stereocenters. The van der Waals surface area contributed by atoms with Crippen molar-refractivity contribution in [2.75, 3.05) is 25.0 Å². The van der Waals surface area contributed by atoms with Gasteiger partial charge in [0.25, 0.3) is 0 Å². The fourth-order valence-electron chi connectivity index (χ4n) is 3.97. The Morgan fingerprint density at radius 1 is 1.14 bits per heavy atom. The van der Waals surface area contributed by atoms with Gasteiger partial charge in [-0.15, -0.1) is 0 Å². The Morgan fingerprint density at radius 3 is 2.62 bits per heavy atom. The summed E-state index contributed by atoms with van der Waals surface area (Å²) in [7, 11) is 0. The van der Waals surface area contributed by atoms with Gasteiger partial charge in [-0.05, 0) is 87.7 Å². The predicted molar refractivity (Wildman–Crippen MR) is 119 cm³/mol. The van der Waals surface area contributed by atoms with Gasteiger partial charge in [0.15, 0.2) is 0 Å². The number of nitrogens with zero attached hydrogens (tertiary/aromatic N) is 2. The van der Waals surface area contributed by atoms with E-state index in [1.807, 2.05) is 19.1 Å². The molecule has 0 spiro atoms. The van der Waals surface area contributed by atoms with E-state index in [0.29, 0.717) is 17.5 Å². The lowest BCUT2D eigenvalue weighted by molar-refractivity contribution is -0.117. The molecule has 4 rings (SSSR count). The molecule has 1 aliphatic rings. The zero-order valence-electron chi connectivity index (χ0n) is 17.2. The van der Waals surface area contributed by atoms with Crippen molar-refractivity contribution in [2.24, 2.45) is 0 Å².